The first kappa shape index (κ1) is 13.6. The van der Waals surface area contributed by atoms with E-state index in [-0.39, 0.29) is 12.2 Å². The molecule has 0 atom stereocenters. The summed E-state index contributed by atoms with van der Waals surface area (Å²) in [5.41, 5.74) is 0.725. The summed E-state index contributed by atoms with van der Waals surface area (Å²) in [7, 11) is 0. The van der Waals surface area contributed by atoms with Crippen molar-refractivity contribution in [2.45, 2.75) is 20.3 Å². The fourth-order valence-corrected chi connectivity index (χ4v) is 0.988. The van der Waals surface area contributed by atoms with E-state index < -0.39 is 0 Å². The Bertz CT molecular complexity index is 303. The second-order valence-corrected chi connectivity index (χ2v) is 2.92. The molecule has 0 aliphatic carbocycles. The summed E-state index contributed by atoms with van der Waals surface area (Å²) in [4.78, 5) is 0. The number of hydrogen-bond acceptors (Lipinski definition) is 2. The standard InChI is InChI=1S/C8H6FN.C4H11N/c9-8-3-1-2-7(6-8)4-5-10;1-3-5-4-2/h1-3,6H,4H2;5H,3-4H2,1-2H3. The Morgan fingerprint density at radius 3 is 2.40 bits per heavy atom. The highest BCUT2D eigenvalue weighted by Gasteiger charge is 1.91. The van der Waals surface area contributed by atoms with Crippen LogP contribution in [0.4, 0.5) is 4.39 Å². The average molecular weight is 208 g/mol. The molecular formula is C12H17FN2. The molecule has 1 aromatic carbocycles. The molecule has 1 aromatic rings. The molecule has 0 bridgehead atoms. The van der Waals surface area contributed by atoms with Gasteiger partial charge in [0.05, 0.1) is 12.5 Å². The number of halogens is 1. The highest BCUT2D eigenvalue weighted by atomic mass is 19.1. The average Bonchev–Trinajstić information content (AvgIpc) is 2.20. The summed E-state index contributed by atoms with van der Waals surface area (Å²) in [5.74, 6) is -0.284. The molecule has 0 aliphatic rings. The highest BCUT2D eigenvalue weighted by molar-refractivity contribution is 5.19. The minimum absolute atomic E-state index is 0.276. The highest BCUT2D eigenvalue weighted by Crippen LogP contribution is 2.02. The van der Waals surface area contributed by atoms with Crippen LogP contribution in [-0.2, 0) is 6.42 Å². The lowest BCUT2D eigenvalue weighted by Crippen LogP contribution is -2.09. The summed E-state index contributed by atoms with van der Waals surface area (Å²) in [6.45, 7) is 6.39. The van der Waals surface area contributed by atoms with E-state index in [1.54, 1.807) is 12.1 Å². The molecular weight excluding hydrogens is 191 g/mol. The van der Waals surface area contributed by atoms with Crippen LogP contribution >= 0.6 is 0 Å². The van der Waals surface area contributed by atoms with Crippen LogP contribution in [0.15, 0.2) is 24.3 Å². The molecule has 1 N–H and O–H groups in total. The molecule has 0 saturated heterocycles. The van der Waals surface area contributed by atoms with Crippen molar-refractivity contribution in [3.8, 4) is 6.07 Å². The summed E-state index contributed by atoms with van der Waals surface area (Å²) in [6, 6.07) is 8.00. The van der Waals surface area contributed by atoms with Crippen molar-refractivity contribution in [2.75, 3.05) is 13.1 Å². The Morgan fingerprint density at radius 2 is 2.00 bits per heavy atom. The Morgan fingerprint density at radius 1 is 1.33 bits per heavy atom. The lowest BCUT2D eigenvalue weighted by atomic mass is 10.2. The first-order valence-corrected chi connectivity index (χ1v) is 5.06. The van der Waals surface area contributed by atoms with Gasteiger partial charge in [-0.25, -0.2) is 4.39 Å². The summed E-state index contributed by atoms with van der Waals surface area (Å²) in [6.07, 6.45) is 0.276. The molecule has 0 radical (unpaired) electrons. The largest absolute Gasteiger partial charge is 0.317 e. The monoisotopic (exact) mass is 208 g/mol. The maximum absolute atomic E-state index is 12.4. The summed E-state index contributed by atoms with van der Waals surface area (Å²) >= 11 is 0. The van der Waals surface area contributed by atoms with E-state index in [0.29, 0.717) is 0 Å². The van der Waals surface area contributed by atoms with E-state index in [4.69, 9.17) is 5.26 Å². The van der Waals surface area contributed by atoms with Gasteiger partial charge in [-0.1, -0.05) is 26.0 Å². The van der Waals surface area contributed by atoms with Crippen LogP contribution in [0.3, 0.4) is 0 Å². The molecule has 0 aliphatic heterocycles. The molecule has 0 amide bonds. The molecule has 0 unspecified atom stereocenters. The molecule has 15 heavy (non-hydrogen) atoms. The summed E-state index contributed by atoms with van der Waals surface area (Å²) < 4.78 is 12.4. The SMILES string of the molecule is CCNCC.N#CCc1cccc(F)c1. The van der Waals surface area contributed by atoms with Crippen LogP contribution in [0.5, 0.6) is 0 Å². The van der Waals surface area contributed by atoms with E-state index in [0.717, 1.165) is 18.7 Å². The third-order valence-electron chi connectivity index (χ3n) is 1.67. The maximum Gasteiger partial charge on any atom is 0.123 e. The van der Waals surface area contributed by atoms with Crippen LogP contribution < -0.4 is 5.32 Å². The summed E-state index contributed by atoms with van der Waals surface area (Å²) in [5, 5.41) is 11.3. The van der Waals surface area contributed by atoms with Gasteiger partial charge in [0.25, 0.3) is 0 Å². The Kier molecular flexibility index (Phi) is 8.31. The van der Waals surface area contributed by atoms with Crippen LogP contribution in [0.1, 0.15) is 19.4 Å². The molecule has 0 spiro atoms. The van der Waals surface area contributed by atoms with E-state index in [2.05, 4.69) is 19.2 Å². The lowest BCUT2D eigenvalue weighted by molar-refractivity contribution is 0.626. The van der Waals surface area contributed by atoms with Crippen molar-refractivity contribution >= 4 is 0 Å². The van der Waals surface area contributed by atoms with Crippen molar-refractivity contribution in [3.63, 3.8) is 0 Å². The fourth-order valence-electron chi connectivity index (χ4n) is 0.988. The zero-order chi connectivity index (χ0) is 11.5. The second kappa shape index (κ2) is 9.17. The molecule has 3 heteroatoms. The van der Waals surface area contributed by atoms with Gasteiger partial charge in [-0.3, -0.25) is 0 Å². The Balaban J connectivity index is 0.000000336. The topological polar surface area (TPSA) is 35.8 Å². The molecule has 0 aromatic heterocycles. The van der Waals surface area contributed by atoms with Crippen molar-refractivity contribution in [1.29, 1.82) is 5.26 Å². The van der Waals surface area contributed by atoms with Crippen molar-refractivity contribution in [1.82, 2.24) is 5.32 Å². The van der Waals surface area contributed by atoms with Crippen molar-refractivity contribution in [3.05, 3.63) is 35.6 Å². The van der Waals surface area contributed by atoms with Gasteiger partial charge in [0.15, 0.2) is 0 Å². The predicted octanol–water partition coefficient (Wildman–Crippen LogP) is 2.51. The molecule has 82 valence electrons. The van der Waals surface area contributed by atoms with E-state index in [1.165, 1.54) is 12.1 Å². The predicted molar refractivity (Wildman–Crippen MR) is 59.9 cm³/mol. The Hall–Kier alpha value is -1.40. The van der Waals surface area contributed by atoms with Gasteiger partial charge < -0.3 is 5.32 Å². The lowest BCUT2D eigenvalue weighted by Gasteiger charge is -1.91. The van der Waals surface area contributed by atoms with Gasteiger partial charge in [0.1, 0.15) is 5.82 Å². The first-order chi connectivity index (χ1) is 7.24. The van der Waals surface area contributed by atoms with Crippen LogP contribution in [0.25, 0.3) is 0 Å². The normalized spacial score (nSPS) is 8.67. The zero-order valence-electron chi connectivity index (χ0n) is 9.26. The van der Waals surface area contributed by atoms with Gasteiger partial charge >= 0.3 is 0 Å². The third-order valence-corrected chi connectivity index (χ3v) is 1.67. The minimum Gasteiger partial charge on any atom is -0.317 e. The number of hydrogen-bond donors (Lipinski definition) is 1. The van der Waals surface area contributed by atoms with Gasteiger partial charge in [-0.05, 0) is 30.8 Å². The molecule has 0 heterocycles. The van der Waals surface area contributed by atoms with Crippen LogP contribution in [0, 0.1) is 17.1 Å². The van der Waals surface area contributed by atoms with Gasteiger partial charge in [0, 0.05) is 0 Å². The van der Waals surface area contributed by atoms with E-state index in [1.807, 2.05) is 6.07 Å². The smallest absolute Gasteiger partial charge is 0.123 e. The maximum atomic E-state index is 12.4. The van der Waals surface area contributed by atoms with E-state index in [9.17, 15) is 4.39 Å². The van der Waals surface area contributed by atoms with Crippen LogP contribution in [-0.4, -0.2) is 13.1 Å². The van der Waals surface area contributed by atoms with Gasteiger partial charge in [-0.15, -0.1) is 0 Å². The van der Waals surface area contributed by atoms with Gasteiger partial charge in [-0.2, -0.15) is 5.26 Å². The Labute approximate surface area is 90.7 Å². The van der Waals surface area contributed by atoms with Crippen molar-refractivity contribution in [2.24, 2.45) is 0 Å². The quantitative estimate of drug-likeness (QED) is 0.828. The molecule has 0 fully saturated rings. The number of nitrogens with one attached hydrogen (secondary N) is 1. The van der Waals surface area contributed by atoms with Crippen LogP contribution in [0.2, 0.25) is 0 Å². The minimum atomic E-state index is -0.284. The fraction of sp³-hybridized carbons (Fsp3) is 0.417. The number of nitriles is 1. The zero-order valence-corrected chi connectivity index (χ0v) is 9.26. The third kappa shape index (κ3) is 7.65. The molecule has 2 nitrogen and oxygen atoms in total. The van der Waals surface area contributed by atoms with E-state index >= 15 is 0 Å². The molecule has 0 saturated carbocycles. The number of nitrogens with zero attached hydrogens (tertiary/aromatic N) is 1. The number of benzene rings is 1. The first-order valence-electron chi connectivity index (χ1n) is 5.06. The van der Waals surface area contributed by atoms with Gasteiger partial charge in [0.2, 0.25) is 0 Å². The molecule has 1 rings (SSSR count). The number of rotatable bonds is 3. The second-order valence-electron chi connectivity index (χ2n) is 2.92. The van der Waals surface area contributed by atoms with Crippen molar-refractivity contribution < 1.29 is 4.39 Å².